The summed E-state index contributed by atoms with van der Waals surface area (Å²) in [7, 11) is 6.41. The van der Waals surface area contributed by atoms with Crippen LogP contribution in [0.1, 0.15) is 171 Å². The first-order chi connectivity index (χ1) is 33.1. The van der Waals surface area contributed by atoms with E-state index in [0.717, 1.165) is 50.6 Å². The molecule has 3 heterocycles. The molecule has 0 aliphatic carbocycles. The van der Waals surface area contributed by atoms with E-state index in [-0.39, 0.29) is 36.2 Å². The third-order valence-electron chi connectivity index (χ3n) is 13.2. The fourth-order valence-corrected chi connectivity index (χ4v) is 9.29. The number of aryl methyl sites for hydroxylation is 3. The van der Waals surface area contributed by atoms with E-state index in [0.29, 0.717) is 47.2 Å². The first kappa shape index (κ1) is 53.2. The monoisotopic (exact) mass is 940 g/mol. The maximum atomic E-state index is 16.2. The van der Waals surface area contributed by atoms with E-state index in [1.165, 1.54) is 91.3 Å². The molecular weight excluding hydrogens is 861 g/mol. The number of benzene rings is 2. The number of hydrogen-bond acceptors (Lipinski definition) is 12. The average Bonchev–Trinajstić information content (AvgIpc) is 4.05. The Morgan fingerprint density at radius 2 is 1.25 bits per heavy atom. The standard InChI is InChI=1S/C51H78N12O5/c1-9-11-13-15-17-19-21-23-25-30-34-62-57-49(55-59-62)51(41-32-28-27-29-33-41,50(65)53-48-43(67-7)36-42(66-6)37-44(48)68-8)63(35-31-26-24-22-20-18-16-14-12-10-2)45(54-58-60-63)38-46(64)52-47-39(3)56-61(5)40(47)4/h27-29,32-33,36-37H,9-26,30-31,34-35,38H2,1-8H3,(H-,52,53,64,65)/p+1. The highest BCUT2D eigenvalue weighted by Crippen LogP contribution is 2.48. The topological polar surface area (TPSA) is 184 Å². The third-order valence-corrected chi connectivity index (χ3v) is 13.2. The van der Waals surface area contributed by atoms with E-state index in [9.17, 15) is 4.79 Å². The molecule has 1 aliphatic heterocycles. The molecule has 2 N–H and O–H groups in total. The second kappa shape index (κ2) is 27.3. The zero-order chi connectivity index (χ0) is 48.8. The van der Waals surface area contributed by atoms with Crippen LogP contribution in [0.5, 0.6) is 17.2 Å². The molecule has 17 nitrogen and oxygen atoms in total. The number of hydrogen-bond donors (Lipinski definition) is 2. The highest BCUT2D eigenvalue weighted by Gasteiger charge is 2.68. The SMILES string of the molecule is CCCCCCCCCCCCn1nnc(C(C(=O)Nc2c(OC)cc(OC)cc2OC)(c2ccccc2)[N+]2(CCCCCCCCCCCC)N=NN=C2CC(=O)Nc2c(C)nn(C)c2C)n1. The molecule has 5 rings (SSSR count). The lowest BCUT2D eigenvalue weighted by atomic mass is 9.83. The number of nitrogens with one attached hydrogen (secondary N) is 2. The Labute approximate surface area is 404 Å². The summed E-state index contributed by atoms with van der Waals surface area (Å²) in [4.78, 5) is 32.1. The Morgan fingerprint density at radius 1 is 0.691 bits per heavy atom. The molecule has 4 aromatic rings. The number of aromatic nitrogens is 6. The van der Waals surface area contributed by atoms with Gasteiger partial charge in [0, 0.05) is 30.0 Å². The van der Waals surface area contributed by atoms with Crippen LogP contribution in [0.15, 0.2) is 58.0 Å². The summed E-state index contributed by atoms with van der Waals surface area (Å²) >= 11 is 0. The van der Waals surface area contributed by atoms with Gasteiger partial charge in [-0.05, 0) is 38.3 Å². The number of rotatable bonds is 33. The quantitative estimate of drug-likeness (QED) is 0.0346. The Balaban J connectivity index is 1.59. The highest BCUT2D eigenvalue weighted by atomic mass is 16.5. The van der Waals surface area contributed by atoms with Crippen LogP contribution in [0, 0.1) is 13.8 Å². The lowest BCUT2D eigenvalue weighted by Crippen LogP contribution is -2.67. The number of tetrazole rings is 1. The fourth-order valence-electron chi connectivity index (χ4n) is 9.29. The van der Waals surface area contributed by atoms with Crippen molar-refractivity contribution >= 4 is 29.0 Å². The fraction of sp³-hybridized carbons (Fsp3) is 0.627. The lowest BCUT2D eigenvalue weighted by molar-refractivity contribution is -0.895. The summed E-state index contributed by atoms with van der Waals surface area (Å²) in [6.45, 7) is 8.97. The highest BCUT2D eigenvalue weighted by molar-refractivity contribution is 6.07. The maximum absolute atomic E-state index is 16.2. The minimum Gasteiger partial charge on any atom is -0.496 e. The van der Waals surface area contributed by atoms with Crippen LogP contribution >= 0.6 is 0 Å². The number of methoxy groups -OCH3 is 3. The molecule has 2 aromatic carbocycles. The van der Waals surface area contributed by atoms with Crippen LogP contribution in [-0.2, 0) is 28.7 Å². The van der Waals surface area contributed by atoms with Crippen LogP contribution in [0.3, 0.4) is 0 Å². The Hall–Kier alpha value is -5.71. The maximum Gasteiger partial charge on any atom is 0.302 e. The molecule has 372 valence electrons. The molecule has 2 unspecified atom stereocenters. The van der Waals surface area contributed by atoms with Crippen molar-refractivity contribution < 1.29 is 28.4 Å². The Bertz CT molecular complexity index is 2220. The van der Waals surface area contributed by atoms with E-state index >= 15 is 4.79 Å². The number of nitrogens with zero attached hydrogens (tertiary/aromatic N) is 10. The first-order valence-electron chi connectivity index (χ1n) is 25.2. The van der Waals surface area contributed by atoms with E-state index in [4.69, 9.17) is 29.6 Å². The molecule has 0 saturated heterocycles. The van der Waals surface area contributed by atoms with Crippen molar-refractivity contribution in [3.05, 3.63) is 65.2 Å². The van der Waals surface area contributed by atoms with Gasteiger partial charge < -0.3 is 24.8 Å². The molecule has 0 saturated carbocycles. The van der Waals surface area contributed by atoms with Crippen molar-refractivity contribution in [2.24, 2.45) is 22.6 Å². The predicted molar refractivity (Wildman–Crippen MR) is 267 cm³/mol. The van der Waals surface area contributed by atoms with Gasteiger partial charge in [0.05, 0.1) is 50.2 Å². The summed E-state index contributed by atoms with van der Waals surface area (Å²) in [6, 6.07) is 12.7. The molecule has 2 amide bonds. The van der Waals surface area contributed by atoms with Gasteiger partial charge in [0.15, 0.2) is 0 Å². The Morgan fingerprint density at radius 3 is 1.78 bits per heavy atom. The molecule has 0 radical (unpaired) electrons. The lowest BCUT2D eigenvalue weighted by Gasteiger charge is -2.42. The van der Waals surface area contributed by atoms with Gasteiger partial charge in [-0.3, -0.25) is 14.3 Å². The number of ether oxygens (including phenoxy) is 3. The van der Waals surface area contributed by atoms with Gasteiger partial charge in [0.25, 0.3) is 17.2 Å². The molecule has 17 heteroatoms. The average molecular weight is 940 g/mol. The van der Waals surface area contributed by atoms with Crippen molar-refractivity contribution in [2.75, 3.05) is 38.5 Å². The van der Waals surface area contributed by atoms with Crippen molar-refractivity contribution in [2.45, 2.75) is 175 Å². The van der Waals surface area contributed by atoms with Gasteiger partial charge >= 0.3 is 5.91 Å². The largest absolute Gasteiger partial charge is 0.496 e. The summed E-state index contributed by atoms with van der Waals surface area (Å²) in [6.07, 6.45) is 22.6. The van der Waals surface area contributed by atoms with Gasteiger partial charge in [-0.2, -0.15) is 9.90 Å². The van der Waals surface area contributed by atoms with Crippen LogP contribution in [0.2, 0.25) is 0 Å². The van der Waals surface area contributed by atoms with Gasteiger partial charge in [-0.25, -0.2) is 0 Å². The van der Waals surface area contributed by atoms with Crippen molar-refractivity contribution in [1.82, 2.24) is 30.0 Å². The smallest absolute Gasteiger partial charge is 0.302 e. The second-order valence-electron chi connectivity index (χ2n) is 18.1. The number of anilines is 2. The first-order valence-corrected chi connectivity index (χ1v) is 25.2. The molecule has 2 aromatic heterocycles. The minimum absolute atomic E-state index is 0.0831. The molecule has 0 spiro atoms. The molecule has 0 bridgehead atoms. The number of carbonyl (C=O) groups excluding carboxylic acids is 2. The van der Waals surface area contributed by atoms with Gasteiger partial charge in [-0.1, -0.05) is 158 Å². The van der Waals surface area contributed by atoms with E-state index < -0.39 is 16.0 Å². The molecule has 1 aliphatic rings. The van der Waals surface area contributed by atoms with Crippen LogP contribution < -0.4 is 24.8 Å². The van der Waals surface area contributed by atoms with E-state index in [2.05, 4.69) is 45.1 Å². The number of quaternary nitrogens is 1. The summed E-state index contributed by atoms with van der Waals surface area (Å²) in [5.74, 6) is 0.460. The number of amides is 2. The van der Waals surface area contributed by atoms with Crippen LogP contribution in [-0.4, -0.2) is 80.1 Å². The molecule has 0 fully saturated rings. The zero-order valence-corrected chi connectivity index (χ0v) is 42.3. The molecule has 2 atom stereocenters. The zero-order valence-electron chi connectivity index (χ0n) is 42.3. The number of carbonyl (C=O) groups is 2. The van der Waals surface area contributed by atoms with E-state index in [1.807, 2.05) is 51.2 Å². The molecular formula is C51H79N12O5+. The second-order valence-corrected chi connectivity index (χ2v) is 18.1. The van der Waals surface area contributed by atoms with Crippen molar-refractivity contribution in [3.8, 4) is 17.2 Å². The van der Waals surface area contributed by atoms with Gasteiger partial charge in [0.1, 0.15) is 35.9 Å². The summed E-state index contributed by atoms with van der Waals surface area (Å²) in [5.41, 5.74) is 0.906. The van der Waals surface area contributed by atoms with Crippen LogP contribution in [0.25, 0.3) is 0 Å². The van der Waals surface area contributed by atoms with Crippen LogP contribution in [0.4, 0.5) is 11.4 Å². The predicted octanol–water partition coefficient (Wildman–Crippen LogP) is 11.3. The summed E-state index contributed by atoms with van der Waals surface area (Å²) < 4.78 is 18.4. The minimum atomic E-state index is -1.94. The normalized spacial score (nSPS) is 15.3. The molecule has 68 heavy (non-hydrogen) atoms. The van der Waals surface area contributed by atoms with Gasteiger partial charge in [0.2, 0.25) is 5.91 Å². The van der Waals surface area contributed by atoms with E-state index in [1.54, 1.807) is 28.7 Å². The van der Waals surface area contributed by atoms with Crippen molar-refractivity contribution in [3.63, 3.8) is 0 Å². The third kappa shape index (κ3) is 13.3. The number of unbranched alkanes of at least 4 members (excludes halogenated alkanes) is 18. The van der Waals surface area contributed by atoms with Gasteiger partial charge in [-0.15, -0.1) is 14.8 Å². The van der Waals surface area contributed by atoms with Crippen molar-refractivity contribution in [1.29, 1.82) is 0 Å². The summed E-state index contributed by atoms with van der Waals surface area (Å²) in [5, 5.41) is 39.2. The Kier molecular flexibility index (Phi) is 21.4. The number of amidine groups is 1.